The molecule has 1 unspecified atom stereocenters. The Balaban J connectivity index is 2.97. The minimum absolute atomic E-state index is 0.170. The summed E-state index contributed by atoms with van der Waals surface area (Å²) in [6, 6.07) is 2.13. The molecular weight excluding hydrogens is 230 g/mol. The lowest BCUT2D eigenvalue weighted by Crippen LogP contribution is -2.36. The van der Waals surface area contributed by atoms with Gasteiger partial charge in [0.2, 0.25) is 0 Å². The van der Waals surface area contributed by atoms with E-state index in [9.17, 15) is 4.79 Å². The van der Waals surface area contributed by atoms with Gasteiger partial charge in [0.15, 0.2) is 0 Å². The highest BCUT2D eigenvalue weighted by Gasteiger charge is 2.22. The van der Waals surface area contributed by atoms with Crippen LogP contribution in [-0.2, 0) is 6.54 Å². The summed E-state index contributed by atoms with van der Waals surface area (Å²) >= 11 is 0. The van der Waals surface area contributed by atoms with E-state index in [-0.39, 0.29) is 11.8 Å². The number of aromatic nitrogens is 2. The fourth-order valence-electron chi connectivity index (χ4n) is 1.75. The molecule has 0 bridgehead atoms. The number of nitrogens with two attached hydrogens (primary N) is 1. The maximum atomic E-state index is 12.4. The average Bonchev–Trinajstić information content (AvgIpc) is 2.75. The Morgan fingerprint density at radius 2 is 2.33 bits per heavy atom. The van der Waals surface area contributed by atoms with Crippen LogP contribution in [0.5, 0.6) is 0 Å². The zero-order valence-corrected chi connectivity index (χ0v) is 11.1. The largest absolute Gasteiger partial charge is 0.396 e. The van der Waals surface area contributed by atoms with Crippen LogP contribution in [0.15, 0.2) is 6.20 Å². The Labute approximate surface area is 107 Å². The number of anilines is 1. The second kappa shape index (κ2) is 6.05. The number of hydrogen-bond acceptors (Lipinski definition) is 4. The summed E-state index contributed by atoms with van der Waals surface area (Å²) in [6.07, 6.45) is 1.48. The van der Waals surface area contributed by atoms with E-state index in [1.807, 2.05) is 13.8 Å². The van der Waals surface area contributed by atoms with Crippen molar-refractivity contribution < 1.29 is 4.79 Å². The molecule has 1 aromatic heterocycles. The summed E-state index contributed by atoms with van der Waals surface area (Å²) in [4.78, 5) is 14.0. The maximum Gasteiger partial charge on any atom is 0.274 e. The fraction of sp³-hybridized carbons (Fsp3) is 0.583. The SMILES string of the molecule is CCN(CC(C)C#N)C(=O)c1c(N)cnn1CC. The first-order valence-electron chi connectivity index (χ1n) is 6.05. The van der Waals surface area contributed by atoms with Crippen molar-refractivity contribution in [2.24, 2.45) is 5.92 Å². The molecule has 0 aliphatic carbocycles. The van der Waals surface area contributed by atoms with E-state index < -0.39 is 0 Å². The molecule has 0 aliphatic heterocycles. The second-order valence-electron chi connectivity index (χ2n) is 4.14. The molecule has 18 heavy (non-hydrogen) atoms. The van der Waals surface area contributed by atoms with Crippen molar-refractivity contribution in [3.05, 3.63) is 11.9 Å². The van der Waals surface area contributed by atoms with Crippen molar-refractivity contribution in [1.82, 2.24) is 14.7 Å². The number of nitrogen functional groups attached to an aromatic ring is 1. The molecular formula is C12H19N5O. The molecule has 1 heterocycles. The predicted octanol–water partition coefficient (Wildman–Crippen LogP) is 1.11. The number of nitriles is 1. The van der Waals surface area contributed by atoms with Crippen LogP contribution < -0.4 is 5.73 Å². The fourth-order valence-corrected chi connectivity index (χ4v) is 1.75. The van der Waals surface area contributed by atoms with Crippen LogP contribution in [0.1, 0.15) is 31.3 Å². The van der Waals surface area contributed by atoms with Gasteiger partial charge < -0.3 is 10.6 Å². The lowest BCUT2D eigenvalue weighted by molar-refractivity contribution is 0.0741. The highest BCUT2D eigenvalue weighted by Crippen LogP contribution is 2.14. The molecule has 1 aromatic rings. The van der Waals surface area contributed by atoms with Gasteiger partial charge in [-0.05, 0) is 20.8 Å². The summed E-state index contributed by atoms with van der Waals surface area (Å²) in [5, 5.41) is 12.9. The van der Waals surface area contributed by atoms with Gasteiger partial charge in [0, 0.05) is 19.6 Å². The molecule has 0 spiro atoms. The summed E-state index contributed by atoms with van der Waals surface area (Å²) in [7, 11) is 0. The molecule has 1 rings (SSSR count). The standard InChI is InChI=1S/C12H19N5O/c1-4-16(8-9(3)6-13)12(18)11-10(14)7-15-17(11)5-2/h7,9H,4-5,8,14H2,1-3H3. The van der Waals surface area contributed by atoms with E-state index >= 15 is 0 Å². The first kappa shape index (κ1) is 14.0. The number of rotatable bonds is 5. The Hall–Kier alpha value is -2.03. The number of aryl methyl sites for hydroxylation is 1. The molecule has 98 valence electrons. The third-order valence-corrected chi connectivity index (χ3v) is 2.75. The van der Waals surface area contributed by atoms with Crippen LogP contribution >= 0.6 is 0 Å². The minimum atomic E-state index is -0.201. The maximum absolute atomic E-state index is 12.4. The Kier molecular flexibility index (Phi) is 4.72. The minimum Gasteiger partial charge on any atom is -0.396 e. The van der Waals surface area contributed by atoms with E-state index in [0.29, 0.717) is 31.0 Å². The van der Waals surface area contributed by atoms with E-state index in [0.717, 1.165) is 0 Å². The number of carbonyl (C=O) groups is 1. The third-order valence-electron chi connectivity index (χ3n) is 2.75. The average molecular weight is 249 g/mol. The van der Waals surface area contributed by atoms with E-state index in [2.05, 4.69) is 11.2 Å². The molecule has 2 N–H and O–H groups in total. The monoisotopic (exact) mass is 249 g/mol. The van der Waals surface area contributed by atoms with Gasteiger partial charge >= 0.3 is 0 Å². The molecule has 1 amide bonds. The first-order chi connectivity index (χ1) is 8.54. The normalized spacial score (nSPS) is 11.9. The summed E-state index contributed by atoms with van der Waals surface area (Å²) in [6.45, 7) is 7.10. The van der Waals surface area contributed by atoms with Crippen molar-refractivity contribution in [3.63, 3.8) is 0 Å². The lowest BCUT2D eigenvalue weighted by Gasteiger charge is -2.22. The molecule has 0 aromatic carbocycles. The van der Waals surface area contributed by atoms with Gasteiger partial charge in [0.05, 0.1) is 23.9 Å². The third kappa shape index (κ3) is 2.80. The Morgan fingerprint density at radius 1 is 1.67 bits per heavy atom. The summed E-state index contributed by atoms with van der Waals surface area (Å²) in [5.74, 6) is -0.371. The molecule has 0 aliphatic rings. The molecule has 6 heteroatoms. The first-order valence-corrected chi connectivity index (χ1v) is 6.05. The Bertz CT molecular complexity index is 460. The van der Waals surface area contributed by atoms with Gasteiger partial charge in [-0.1, -0.05) is 0 Å². The van der Waals surface area contributed by atoms with Crippen molar-refractivity contribution >= 4 is 11.6 Å². The van der Waals surface area contributed by atoms with Crippen LogP contribution in [0.4, 0.5) is 5.69 Å². The highest BCUT2D eigenvalue weighted by atomic mass is 16.2. The molecule has 0 fully saturated rings. The van der Waals surface area contributed by atoms with Gasteiger partial charge in [0.25, 0.3) is 5.91 Å². The van der Waals surface area contributed by atoms with Gasteiger partial charge in [-0.15, -0.1) is 0 Å². The van der Waals surface area contributed by atoms with Crippen molar-refractivity contribution in [2.45, 2.75) is 27.3 Å². The Morgan fingerprint density at radius 3 is 2.83 bits per heavy atom. The van der Waals surface area contributed by atoms with Gasteiger partial charge in [-0.2, -0.15) is 10.4 Å². The quantitative estimate of drug-likeness (QED) is 0.846. The number of nitrogens with zero attached hydrogens (tertiary/aromatic N) is 4. The number of carbonyl (C=O) groups excluding carboxylic acids is 1. The van der Waals surface area contributed by atoms with Crippen LogP contribution in [0.25, 0.3) is 0 Å². The predicted molar refractivity (Wildman–Crippen MR) is 68.7 cm³/mol. The van der Waals surface area contributed by atoms with Gasteiger partial charge in [-0.3, -0.25) is 9.48 Å². The molecule has 0 radical (unpaired) electrons. The molecule has 0 saturated heterocycles. The van der Waals surface area contributed by atoms with E-state index in [1.54, 1.807) is 16.5 Å². The highest BCUT2D eigenvalue weighted by molar-refractivity contribution is 5.97. The number of hydrogen-bond donors (Lipinski definition) is 1. The second-order valence-corrected chi connectivity index (χ2v) is 4.14. The zero-order valence-electron chi connectivity index (χ0n) is 11.1. The van der Waals surface area contributed by atoms with E-state index in [4.69, 9.17) is 11.0 Å². The van der Waals surface area contributed by atoms with Crippen LogP contribution in [0.3, 0.4) is 0 Å². The van der Waals surface area contributed by atoms with E-state index in [1.165, 1.54) is 6.20 Å². The van der Waals surface area contributed by atoms with Crippen molar-refractivity contribution in [1.29, 1.82) is 5.26 Å². The molecule has 0 saturated carbocycles. The van der Waals surface area contributed by atoms with Crippen LogP contribution in [-0.4, -0.2) is 33.7 Å². The smallest absolute Gasteiger partial charge is 0.274 e. The molecule has 6 nitrogen and oxygen atoms in total. The van der Waals surface area contributed by atoms with Crippen molar-refractivity contribution in [2.75, 3.05) is 18.8 Å². The zero-order chi connectivity index (χ0) is 13.7. The van der Waals surface area contributed by atoms with Gasteiger partial charge in [0.1, 0.15) is 5.69 Å². The van der Waals surface area contributed by atoms with Crippen LogP contribution in [0.2, 0.25) is 0 Å². The lowest BCUT2D eigenvalue weighted by atomic mass is 10.2. The summed E-state index contributed by atoms with van der Waals surface area (Å²) < 4.78 is 1.58. The summed E-state index contributed by atoms with van der Waals surface area (Å²) in [5.41, 5.74) is 6.56. The number of amides is 1. The van der Waals surface area contributed by atoms with Gasteiger partial charge in [-0.25, -0.2) is 0 Å². The van der Waals surface area contributed by atoms with Crippen LogP contribution in [0, 0.1) is 17.2 Å². The van der Waals surface area contributed by atoms with Crippen molar-refractivity contribution in [3.8, 4) is 6.07 Å². The molecule has 1 atom stereocenters. The topological polar surface area (TPSA) is 87.9 Å².